The Morgan fingerprint density at radius 3 is 2.71 bits per heavy atom. The van der Waals surface area contributed by atoms with Gasteiger partial charge < -0.3 is 15.0 Å². The van der Waals surface area contributed by atoms with E-state index in [0.717, 1.165) is 25.7 Å². The van der Waals surface area contributed by atoms with Crippen molar-refractivity contribution in [2.45, 2.75) is 44.8 Å². The fourth-order valence-corrected chi connectivity index (χ4v) is 2.60. The van der Waals surface area contributed by atoms with Crippen LogP contribution in [0, 0.1) is 0 Å². The molecule has 1 aliphatic rings. The van der Waals surface area contributed by atoms with Crippen molar-refractivity contribution >= 4 is 11.7 Å². The number of urea groups is 1. The number of anilines is 1. The van der Waals surface area contributed by atoms with Gasteiger partial charge in [-0.1, -0.05) is 25.3 Å². The Morgan fingerprint density at radius 1 is 1.33 bits per heavy atom. The van der Waals surface area contributed by atoms with Crippen molar-refractivity contribution in [3.63, 3.8) is 0 Å². The van der Waals surface area contributed by atoms with Gasteiger partial charge in [0, 0.05) is 24.8 Å². The highest BCUT2D eigenvalue weighted by Gasteiger charge is 2.22. The molecule has 4 nitrogen and oxygen atoms in total. The monoisotopic (exact) mass is 298 g/mol. The van der Waals surface area contributed by atoms with Crippen LogP contribution in [0.4, 0.5) is 19.3 Å². The molecule has 1 fully saturated rings. The molecule has 0 aliphatic heterocycles. The maximum Gasteiger partial charge on any atom is 0.387 e. The predicted octanol–water partition coefficient (Wildman–Crippen LogP) is 4.08. The molecule has 1 aromatic rings. The summed E-state index contributed by atoms with van der Waals surface area (Å²) in [4.78, 5) is 13.9. The first-order chi connectivity index (χ1) is 10.1. The van der Waals surface area contributed by atoms with E-state index < -0.39 is 6.61 Å². The Kier molecular flexibility index (Phi) is 5.36. The molecule has 0 aromatic heterocycles. The van der Waals surface area contributed by atoms with Crippen molar-refractivity contribution in [2.75, 3.05) is 12.4 Å². The van der Waals surface area contributed by atoms with E-state index in [-0.39, 0.29) is 17.8 Å². The number of amides is 2. The summed E-state index contributed by atoms with van der Waals surface area (Å²) >= 11 is 0. The smallest absolute Gasteiger partial charge is 0.387 e. The number of carbonyl (C=O) groups is 1. The highest BCUT2D eigenvalue weighted by molar-refractivity contribution is 5.89. The molecule has 116 valence electrons. The summed E-state index contributed by atoms with van der Waals surface area (Å²) in [5.74, 6) is 0.0307. The number of rotatable bonds is 4. The number of nitrogens with one attached hydrogen (secondary N) is 1. The molecular formula is C15H20F2N2O2. The van der Waals surface area contributed by atoms with E-state index in [0.29, 0.717) is 5.69 Å². The van der Waals surface area contributed by atoms with Gasteiger partial charge in [0.15, 0.2) is 0 Å². The van der Waals surface area contributed by atoms with Gasteiger partial charge in [0.25, 0.3) is 0 Å². The molecule has 0 bridgehead atoms. The van der Waals surface area contributed by atoms with E-state index in [1.807, 2.05) is 0 Å². The maximum absolute atomic E-state index is 12.2. The topological polar surface area (TPSA) is 41.6 Å². The molecule has 1 N–H and O–H groups in total. The van der Waals surface area contributed by atoms with Crippen LogP contribution < -0.4 is 10.1 Å². The van der Waals surface area contributed by atoms with Gasteiger partial charge in [-0.05, 0) is 25.0 Å². The van der Waals surface area contributed by atoms with Gasteiger partial charge in [-0.2, -0.15) is 8.78 Å². The van der Waals surface area contributed by atoms with Gasteiger partial charge in [-0.25, -0.2) is 4.79 Å². The molecular weight excluding hydrogens is 278 g/mol. The van der Waals surface area contributed by atoms with Crippen LogP contribution >= 0.6 is 0 Å². The number of alkyl halides is 2. The summed E-state index contributed by atoms with van der Waals surface area (Å²) in [5, 5.41) is 2.71. The number of hydrogen-bond acceptors (Lipinski definition) is 2. The molecule has 0 atom stereocenters. The number of carbonyl (C=O) groups excluding carboxylic acids is 1. The minimum atomic E-state index is -2.87. The SMILES string of the molecule is CN(C(=O)Nc1cccc(OC(F)F)c1)C1CCCCC1. The standard InChI is InChI=1S/C15H20F2N2O2/c1-19(12-7-3-2-4-8-12)15(20)18-11-6-5-9-13(10-11)21-14(16)17/h5-6,9-10,12,14H,2-4,7-8H2,1H3,(H,18,20). The van der Waals surface area contributed by atoms with Crippen LogP contribution in [0.2, 0.25) is 0 Å². The molecule has 0 spiro atoms. The molecule has 0 radical (unpaired) electrons. The van der Waals surface area contributed by atoms with Crippen LogP contribution in [0.15, 0.2) is 24.3 Å². The minimum Gasteiger partial charge on any atom is -0.435 e. The van der Waals surface area contributed by atoms with E-state index >= 15 is 0 Å². The molecule has 2 amide bonds. The van der Waals surface area contributed by atoms with Gasteiger partial charge in [-0.3, -0.25) is 0 Å². The maximum atomic E-state index is 12.2. The first-order valence-electron chi connectivity index (χ1n) is 7.15. The fraction of sp³-hybridized carbons (Fsp3) is 0.533. The average molecular weight is 298 g/mol. The van der Waals surface area contributed by atoms with Crippen molar-refractivity contribution in [1.29, 1.82) is 0 Å². The zero-order valence-corrected chi connectivity index (χ0v) is 12.0. The van der Waals surface area contributed by atoms with Crippen LogP contribution in [-0.2, 0) is 0 Å². The molecule has 2 rings (SSSR count). The lowest BCUT2D eigenvalue weighted by atomic mass is 9.95. The molecule has 0 unspecified atom stereocenters. The summed E-state index contributed by atoms with van der Waals surface area (Å²) in [7, 11) is 1.77. The average Bonchev–Trinajstić information content (AvgIpc) is 2.47. The second-order valence-corrected chi connectivity index (χ2v) is 5.24. The summed E-state index contributed by atoms with van der Waals surface area (Å²) in [6.07, 6.45) is 5.52. The largest absolute Gasteiger partial charge is 0.435 e. The quantitative estimate of drug-likeness (QED) is 0.910. The Balaban J connectivity index is 1.95. The van der Waals surface area contributed by atoms with Crippen LogP contribution in [0.3, 0.4) is 0 Å². The summed E-state index contributed by atoms with van der Waals surface area (Å²) in [6, 6.07) is 6.04. The molecule has 6 heteroatoms. The molecule has 1 aliphatic carbocycles. The Morgan fingerprint density at radius 2 is 2.05 bits per heavy atom. The van der Waals surface area contributed by atoms with Gasteiger partial charge in [0.2, 0.25) is 0 Å². The second kappa shape index (κ2) is 7.24. The molecule has 0 heterocycles. The van der Waals surface area contributed by atoms with Crippen molar-refractivity contribution in [1.82, 2.24) is 4.90 Å². The van der Waals surface area contributed by atoms with E-state index in [2.05, 4.69) is 10.1 Å². The Labute approximate surface area is 123 Å². The molecule has 1 aromatic carbocycles. The zero-order valence-electron chi connectivity index (χ0n) is 12.0. The number of nitrogens with zero attached hydrogens (tertiary/aromatic N) is 1. The van der Waals surface area contributed by atoms with Crippen molar-refractivity contribution < 1.29 is 18.3 Å². The van der Waals surface area contributed by atoms with Crippen LogP contribution in [0.25, 0.3) is 0 Å². The third kappa shape index (κ3) is 4.58. The highest BCUT2D eigenvalue weighted by atomic mass is 19.3. The Hall–Kier alpha value is -1.85. The van der Waals surface area contributed by atoms with E-state index in [1.54, 1.807) is 24.1 Å². The van der Waals surface area contributed by atoms with Crippen molar-refractivity contribution in [3.05, 3.63) is 24.3 Å². The lowest BCUT2D eigenvalue weighted by molar-refractivity contribution is -0.0497. The molecule has 1 saturated carbocycles. The normalized spacial score (nSPS) is 15.8. The van der Waals surface area contributed by atoms with Gasteiger partial charge >= 0.3 is 12.6 Å². The zero-order chi connectivity index (χ0) is 15.2. The van der Waals surface area contributed by atoms with Crippen LogP contribution in [0.5, 0.6) is 5.75 Å². The summed E-state index contributed by atoms with van der Waals surface area (Å²) in [5.41, 5.74) is 0.445. The first-order valence-corrected chi connectivity index (χ1v) is 7.15. The van der Waals surface area contributed by atoms with Crippen LogP contribution in [0.1, 0.15) is 32.1 Å². The van der Waals surface area contributed by atoms with Crippen molar-refractivity contribution in [3.8, 4) is 5.75 Å². The highest BCUT2D eigenvalue weighted by Crippen LogP contribution is 2.23. The third-order valence-electron chi connectivity index (χ3n) is 3.75. The van der Waals surface area contributed by atoms with E-state index in [4.69, 9.17) is 0 Å². The summed E-state index contributed by atoms with van der Waals surface area (Å²) in [6.45, 7) is -2.87. The Bertz CT molecular complexity index is 476. The first kappa shape index (κ1) is 15.5. The van der Waals surface area contributed by atoms with Gasteiger partial charge in [0.1, 0.15) is 5.75 Å². The van der Waals surface area contributed by atoms with E-state index in [9.17, 15) is 13.6 Å². The minimum absolute atomic E-state index is 0.0307. The number of benzene rings is 1. The third-order valence-corrected chi connectivity index (χ3v) is 3.75. The lowest BCUT2D eigenvalue weighted by Gasteiger charge is -2.31. The fourth-order valence-electron chi connectivity index (χ4n) is 2.60. The molecule has 21 heavy (non-hydrogen) atoms. The second-order valence-electron chi connectivity index (χ2n) is 5.24. The predicted molar refractivity (Wildman–Crippen MR) is 76.7 cm³/mol. The molecule has 0 saturated heterocycles. The number of hydrogen-bond donors (Lipinski definition) is 1. The van der Waals surface area contributed by atoms with Gasteiger partial charge in [0.05, 0.1) is 0 Å². The summed E-state index contributed by atoms with van der Waals surface area (Å²) < 4.78 is 28.7. The van der Waals surface area contributed by atoms with Crippen LogP contribution in [-0.4, -0.2) is 30.6 Å². The lowest BCUT2D eigenvalue weighted by Crippen LogP contribution is -2.40. The van der Waals surface area contributed by atoms with Gasteiger partial charge in [-0.15, -0.1) is 0 Å². The van der Waals surface area contributed by atoms with E-state index in [1.165, 1.54) is 18.6 Å². The number of halogens is 2. The van der Waals surface area contributed by atoms with Crippen molar-refractivity contribution in [2.24, 2.45) is 0 Å². The number of ether oxygens (including phenoxy) is 1.